The number of halogens is 2. The Kier molecular flexibility index (Phi) is 2.72. The lowest BCUT2D eigenvalue weighted by molar-refractivity contribution is -0.780. The molecule has 0 bridgehead atoms. The van der Waals surface area contributed by atoms with Crippen molar-refractivity contribution < 1.29 is 5.06 Å². The SMILES string of the molecule is CC1(C)CC[NH+]([O-])c2c(Cl)ccc(Cl)c21. The fourth-order valence-corrected chi connectivity index (χ4v) is 2.84. The van der Waals surface area contributed by atoms with Crippen molar-refractivity contribution in [1.29, 1.82) is 0 Å². The fourth-order valence-electron chi connectivity index (χ4n) is 2.16. The van der Waals surface area contributed by atoms with Gasteiger partial charge in [0.15, 0.2) is 5.69 Å². The molecule has 0 aliphatic carbocycles. The van der Waals surface area contributed by atoms with Crippen molar-refractivity contribution in [3.05, 3.63) is 32.9 Å². The summed E-state index contributed by atoms with van der Waals surface area (Å²) in [7, 11) is 0. The van der Waals surface area contributed by atoms with Crippen LogP contribution in [0, 0.1) is 5.21 Å². The normalized spacial score (nSPS) is 23.7. The topological polar surface area (TPSA) is 27.5 Å². The van der Waals surface area contributed by atoms with Crippen molar-refractivity contribution in [2.75, 3.05) is 6.54 Å². The third kappa shape index (κ3) is 1.76. The van der Waals surface area contributed by atoms with Crippen molar-refractivity contribution in [3.63, 3.8) is 0 Å². The van der Waals surface area contributed by atoms with E-state index in [1.54, 1.807) is 12.1 Å². The molecule has 0 aromatic heterocycles. The molecule has 1 aromatic carbocycles. The summed E-state index contributed by atoms with van der Waals surface area (Å²) in [6, 6.07) is 3.46. The molecule has 0 spiro atoms. The second kappa shape index (κ2) is 3.63. The zero-order valence-corrected chi connectivity index (χ0v) is 10.2. The molecule has 1 aromatic rings. The Balaban J connectivity index is 2.72. The number of hydrogen-bond acceptors (Lipinski definition) is 1. The van der Waals surface area contributed by atoms with Gasteiger partial charge in [-0.2, -0.15) is 0 Å². The van der Waals surface area contributed by atoms with E-state index in [9.17, 15) is 5.21 Å². The van der Waals surface area contributed by atoms with Crippen LogP contribution >= 0.6 is 23.2 Å². The van der Waals surface area contributed by atoms with E-state index in [-0.39, 0.29) is 10.5 Å². The van der Waals surface area contributed by atoms with E-state index in [1.165, 1.54) is 0 Å². The summed E-state index contributed by atoms with van der Waals surface area (Å²) < 4.78 is 0. The lowest BCUT2D eigenvalue weighted by Crippen LogP contribution is -3.03. The van der Waals surface area contributed by atoms with Gasteiger partial charge in [-0.25, -0.2) is 0 Å². The number of benzene rings is 1. The maximum Gasteiger partial charge on any atom is 0.155 e. The summed E-state index contributed by atoms with van der Waals surface area (Å²) in [5.41, 5.74) is 1.47. The average Bonchev–Trinajstić information content (AvgIpc) is 2.16. The van der Waals surface area contributed by atoms with Gasteiger partial charge in [-0.1, -0.05) is 37.0 Å². The zero-order valence-electron chi connectivity index (χ0n) is 8.73. The minimum atomic E-state index is -0.0643. The second-order valence-corrected chi connectivity index (χ2v) is 5.40. The molecule has 0 saturated carbocycles. The highest BCUT2D eigenvalue weighted by molar-refractivity contribution is 6.35. The Hall–Kier alpha value is -0.280. The van der Waals surface area contributed by atoms with Gasteiger partial charge in [0.2, 0.25) is 0 Å². The van der Waals surface area contributed by atoms with Crippen LogP contribution in [0.5, 0.6) is 0 Å². The highest BCUT2D eigenvalue weighted by Crippen LogP contribution is 2.41. The molecule has 0 amide bonds. The minimum absolute atomic E-state index is 0.0643. The van der Waals surface area contributed by atoms with Gasteiger partial charge in [-0.05, 0) is 12.1 Å². The third-order valence-corrected chi connectivity index (χ3v) is 3.67. The molecular weight excluding hydrogens is 233 g/mol. The van der Waals surface area contributed by atoms with Gasteiger partial charge in [0, 0.05) is 17.4 Å². The molecule has 0 fully saturated rings. The number of rotatable bonds is 0. The van der Waals surface area contributed by atoms with E-state index in [1.807, 2.05) is 0 Å². The van der Waals surface area contributed by atoms with E-state index >= 15 is 0 Å². The van der Waals surface area contributed by atoms with Crippen LogP contribution in [0.1, 0.15) is 25.8 Å². The van der Waals surface area contributed by atoms with Crippen LogP contribution in [-0.2, 0) is 5.41 Å². The lowest BCUT2D eigenvalue weighted by atomic mass is 9.78. The molecule has 0 saturated heterocycles. The quantitative estimate of drug-likeness (QED) is 0.700. The van der Waals surface area contributed by atoms with Crippen LogP contribution in [0.15, 0.2) is 12.1 Å². The predicted molar refractivity (Wildman–Crippen MR) is 63.0 cm³/mol. The highest BCUT2D eigenvalue weighted by Gasteiger charge is 2.35. The average molecular weight is 246 g/mol. The summed E-state index contributed by atoms with van der Waals surface area (Å²) in [6.07, 6.45) is 0.832. The van der Waals surface area contributed by atoms with E-state index in [0.717, 1.165) is 12.0 Å². The van der Waals surface area contributed by atoms with Crippen molar-refractivity contribution in [2.45, 2.75) is 25.7 Å². The standard InChI is InChI=1S/C11H13Cl2NO/c1-11(2)5-6-14(15)10-8(13)4-3-7(12)9(10)11/h3-4,14H,5-6H2,1-2H3. The molecule has 1 unspecified atom stereocenters. The molecule has 1 aliphatic rings. The predicted octanol–water partition coefficient (Wildman–Crippen LogP) is 2.69. The number of hydrogen-bond donors (Lipinski definition) is 1. The Morgan fingerprint density at radius 3 is 2.47 bits per heavy atom. The number of quaternary nitrogens is 1. The number of fused-ring (bicyclic) bond motifs is 1. The number of hydroxylamine groups is 1. The molecule has 1 N–H and O–H groups in total. The van der Waals surface area contributed by atoms with Crippen molar-refractivity contribution in [1.82, 2.24) is 0 Å². The van der Waals surface area contributed by atoms with Gasteiger partial charge in [0.25, 0.3) is 0 Å². The molecule has 0 radical (unpaired) electrons. The Labute approximate surface area is 99.4 Å². The molecule has 1 atom stereocenters. The molecular formula is C11H13Cl2NO. The van der Waals surface area contributed by atoms with Crippen LogP contribution in [0.3, 0.4) is 0 Å². The van der Waals surface area contributed by atoms with Gasteiger partial charge >= 0.3 is 0 Å². The summed E-state index contributed by atoms with van der Waals surface area (Å²) >= 11 is 12.2. The monoisotopic (exact) mass is 245 g/mol. The van der Waals surface area contributed by atoms with E-state index < -0.39 is 0 Å². The first kappa shape index (κ1) is 11.2. The van der Waals surface area contributed by atoms with Crippen LogP contribution in [0.25, 0.3) is 0 Å². The zero-order chi connectivity index (χ0) is 11.2. The number of nitrogens with one attached hydrogen (secondary N) is 1. The molecule has 1 aliphatic heterocycles. The highest BCUT2D eigenvalue weighted by atomic mass is 35.5. The summed E-state index contributed by atoms with van der Waals surface area (Å²) in [5, 5.41) is 13.1. The minimum Gasteiger partial charge on any atom is -0.629 e. The van der Waals surface area contributed by atoms with Crippen molar-refractivity contribution >= 4 is 28.9 Å². The van der Waals surface area contributed by atoms with E-state index in [2.05, 4.69) is 13.8 Å². The van der Waals surface area contributed by atoms with Crippen LogP contribution in [0.4, 0.5) is 5.69 Å². The first-order valence-corrected chi connectivity index (χ1v) is 5.71. The first-order chi connectivity index (χ1) is 6.93. The summed E-state index contributed by atoms with van der Waals surface area (Å²) in [4.78, 5) is 0. The van der Waals surface area contributed by atoms with Gasteiger partial charge in [-0.15, -0.1) is 0 Å². The molecule has 2 rings (SSSR count). The largest absolute Gasteiger partial charge is 0.629 e. The Morgan fingerprint density at radius 2 is 1.87 bits per heavy atom. The molecule has 2 nitrogen and oxygen atoms in total. The van der Waals surface area contributed by atoms with Gasteiger partial charge in [-0.3, -0.25) is 0 Å². The molecule has 1 heterocycles. The Bertz CT molecular complexity index is 404. The fraction of sp³-hybridized carbons (Fsp3) is 0.455. The van der Waals surface area contributed by atoms with E-state index in [4.69, 9.17) is 23.2 Å². The van der Waals surface area contributed by atoms with Gasteiger partial charge in [0.1, 0.15) is 5.02 Å². The van der Waals surface area contributed by atoms with Gasteiger partial charge in [0.05, 0.1) is 11.6 Å². The second-order valence-electron chi connectivity index (χ2n) is 4.59. The van der Waals surface area contributed by atoms with Crippen LogP contribution in [0.2, 0.25) is 10.0 Å². The summed E-state index contributed by atoms with van der Waals surface area (Å²) in [6.45, 7) is 4.75. The van der Waals surface area contributed by atoms with Crippen molar-refractivity contribution in [2.24, 2.45) is 0 Å². The third-order valence-electron chi connectivity index (χ3n) is 3.04. The first-order valence-electron chi connectivity index (χ1n) is 4.95. The van der Waals surface area contributed by atoms with E-state index in [0.29, 0.717) is 22.3 Å². The Morgan fingerprint density at radius 1 is 1.27 bits per heavy atom. The van der Waals surface area contributed by atoms with Gasteiger partial charge < -0.3 is 10.3 Å². The maximum atomic E-state index is 11.8. The smallest absolute Gasteiger partial charge is 0.155 e. The maximum absolute atomic E-state index is 11.8. The van der Waals surface area contributed by atoms with Crippen LogP contribution in [-0.4, -0.2) is 6.54 Å². The van der Waals surface area contributed by atoms with Crippen molar-refractivity contribution in [3.8, 4) is 0 Å². The van der Waals surface area contributed by atoms with Crippen LogP contribution < -0.4 is 5.06 Å². The molecule has 15 heavy (non-hydrogen) atoms. The molecule has 82 valence electrons. The summed E-state index contributed by atoms with van der Waals surface area (Å²) in [5.74, 6) is 0. The lowest BCUT2D eigenvalue weighted by Gasteiger charge is -2.38. The molecule has 4 heteroatoms.